The Labute approximate surface area is 141 Å². The van der Waals surface area contributed by atoms with E-state index in [4.69, 9.17) is 4.42 Å². The van der Waals surface area contributed by atoms with E-state index >= 15 is 0 Å². The van der Waals surface area contributed by atoms with Gasteiger partial charge in [-0.2, -0.15) is 0 Å². The summed E-state index contributed by atoms with van der Waals surface area (Å²) in [5.41, 5.74) is 0.539. The summed E-state index contributed by atoms with van der Waals surface area (Å²) in [5, 5.41) is 5.06. The number of sulfone groups is 1. The Bertz CT molecular complexity index is 777. The Hall–Kier alpha value is -2.28. The molecule has 1 aliphatic carbocycles. The summed E-state index contributed by atoms with van der Waals surface area (Å²) in [6.45, 7) is 0.285. The van der Waals surface area contributed by atoms with Gasteiger partial charge < -0.3 is 15.1 Å². The molecule has 0 saturated heterocycles. The number of carbonyl (C=O) groups is 1. The standard InChI is InChI=1S/C17H20N2O4S/c20-17(18-12-14-4-3-11-23-14)19-13-7-9-16(10-8-13)24(21,22)15-5-1-2-6-15/h3-4,7-11,15H,1-2,5-6,12H2,(H2,18,19,20). The van der Waals surface area contributed by atoms with E-state index in [1.54, 1.807) is 42.7 Å². The lowest BCUT2D eigenvalue weighted by atomic mass is 10.3. The van der Waals surface area contributed by atoms with E-state index < -0.39 is 9.84 Å². The van der Waals surface area contributed by atoms with Crippen LogP contribution in [0.1, 0.15) is 31.4 Å². The molecule has 0 aliphatic heterocycles. The molecule has 0 bridgehead atoms. The highest BCUT2D eigenvalue weighted by Gasteiger charge is 2.30. The third-order valence-electron chi connectivity index (χ3n) is 4.19. The summed E-state index contributed by atoms with van der Waals surface area (Å²) in [7, 11) is -3.26. The maximum absolute atomic E-state index is 12.5. The monoisotopic (exact) mass is 348 g/mol. The van der Waals surface area contributed by atoms with Crippen molar-refractivity contribution in [1.82, 2.24) is 5.32 Å². The molecule has 1 aromatic heterocycles. The minimum Gasteiger partial charge on any atom is -0.467 e. The van der Waals surface area contributed by atoms with Crippen molar-refractivity contribution in [3.8, 4) is 0 Å². The fourth-order valence-corrected chi connectivity index (χ4v) is 4.73. The molecule has 0 spiro atoms. The Morgan fingerprint density at radius 3 is 2.46 bits per heavy atom. The molecule has 2 N–H and O–H groups in total. The summed E-state index contributed by atoms with van der Waals surface area (Å²) >= 11 is 0. The van der Waals surface area contributed by atoms with Gasteiger partial charge in [-0.05, 0) is 49.2 Å². The van der Waals surface area contributed by atoms with Crippen molar-refractivity contribution in [2.24, 2.45) is 0 Å². The predicted molar refractivity (Wildman–Crippen MR) is 90.5 cm³/mol. The fraction of sp³-hybridized carbons (Fsp3) is 0.353. The lowest BCUT2D eigenvalue weighted by molar-refractivity contribution is 0.251. The van der Waals surface area contributed by atoms with Gasteiger partial charge in [0.25, 0.3) is 0 Å². The predicted octanol–water partition coefficient (Wildman–Crippen LogP) is 3.32. The second kappa shape index (κ2) is 7.09. The van der Waals surface area contributed by atoms with Crippen LogP contribution < -0.4 is 10.6 Å². The van der Waals surface area contributed by atoms with Gasteiger partial charge in [0.05, 0.1) is 23.0 Å². The van der Waals surface area contributed by atoms with Crippen LogP contribution >= 0.6 is 0 Å². The average Bonchev–Trinajstić information content (AvgIpc) is 3.27. The number of amides is 2. The van der Waals surface area contributed by atoms with E-state index in [0.717, 1.165) is 25.7 Å². The second-order valence-electron chi connectivity index (χ2n) is 5.86. The van der Waals surface area contributed by atoms with Gasteiger partial charge in [-0.25, -0.2) is 13.2 Å². The Kier molecular flexibility index (Phi) is 4.89. The molecule has 1 saturated carbocycles. The smallest absolute Gasteiger partial charge is 0.319 e. The van der Waals surface area contributed by atoms with Crippen molar-refractivity contribution in [3.63, 3.8) is 0 Å². The molecule has 128 valence electrons. The van der Waals surface area contributed by atoms with Crippen molar-refractivity contribution < 1.29 is 17.6 Å². The number of anilines is 1. The van der Waals surface area contributed by atoms with Gasteiger partial charge in [0, 0.05) is 5.69 Å². The zero-order chi connectivity index (χ0) is 17.0. The first kappa shape index (κ1) is 16.6. The van der Waals surface area contributed by atoms with Crippen LogP contribution in [-0.4, -0.2) is 19.7 Å². The lowest BCUT2D eigenvalue weighted by Gasteiger charge is -2.12. The van der Waals surface area contributed by atoms with E-state index in [9.17, 15) is 13.2 Å². The van der Waals surface area contributed by atoms with Crippen molar-refractivity contribution in [3.05, 3.63) is 48.4 Å². The number of urea groups is 1. The molecule has 6 nitrogen and oxygen atoms in total. The number of rotatable bonds is 5. The first-order valence-corrected chi connectivity index (χ1v) is 9.51. The zero-order valence-corrected chi connectivity index (χ0v) is 14.0. The maximum Gasteiger partial charge on any atom is 0.319 e. The highest BCUT2D eigenvalue weighted by atomic mass is 32.2. The van der Waals surface area contributed by atoms with E-state index in [1.807, 2.05) is 0 Å². The number of nitrogens with one attached hydrogen (secondary N) is 2. The highest BCUT2D eigenvalue weighted by Crippen LogP contribution is 2.30. The minimum atomic E-state index is -3.26. The molecule has 24 heavy (non-hydrogen) atoms. The molecule has 1 fully saturated rings. The third-order valence-corrected chi connectivity index (χ3v) is 6.46. The average molecular weight is 348 g/mol. The van der Waals surface area contributed by atoms with E-state index in [0.29, 0.717) is 16.3 Å². The highest BCUT2D eigenvalue weighted by molar-refractivity contribution is 7.92. The fourth-order valence-electron chi connectivity index (χ4n) is 2.87. The minimum absolute atomic E-state index is 0.270. The number of hydrogen-bond donors (Lipinski definition) is 2. The molecule has 0 unspecified atom stereocenters. The lowest BCUT2D eigenvalue weighted by Crippen LogP contribution is -2.28. The van der Waals surface area contributed by atoms with Gasteiger partial charge in [-0.15, -0.1) is 0 Å². The molecule has 2 amide bonds. The molecular formula is C17H20N2O4S. The number of carbonyl (C=O) groups excluding carboxylic acids is 1. The van der Waals surface area contributed by atoms with Gasteiger partial charge in [0.15, 0.2) is 9.84 Å². The molecule has 7 heteroatoms. The first-order chi connectivity index (χ1) is 11.6. The van der Waals surface area contributed by atoms with Crippen molar-refractivity contribution in [2.75, 3.05) is 5.32 Å². The zero-order valence-electron chi connectivity index (χ0n) is 13.2. The van der Waals surface area contributed by atoms with Crippen molar-refractivity contribution >= 4 is 21.6 Å². The third kappa shape index (κ3) is 3.79. The maximum atomic E-state index is 12.5. The molecule has 2 aromatic rings. The summed E-state index contributed by atoms with van der Waals surface area (Å²) < 4.78 is 30.1. The molecule has 3 rings (SSSR count). The van der Waals surface area contributed by atoms with Crippen LogP contribution in [0, 0.1) is 0 Å². The molecule has 1 heterocycles. The Morgan fingerprint density at radius 2 is 1.83 bits per heavy atom. The van der Waals surface area contributed by atoms with Crippen molar-refractivity contribution in [1.29, 1.82) is 0 Å². The summed E-state index contributed by atoms with van der Waals surface area (Å²) in [5.74, 6) is 0.656. The Morgan fingerprint density at radius 1 is 1.12 bits per heavy atom. The molecule has 0 radical (unpaired) electrons. The number of furan rings is 1. The van der Waals surface area contributed by atoms with E-state index in [2.05, 4.69) is 10.6 Å². The van der Waals surface area contributed by atoms with Crippen LogP contribution in [0.3, 0.4) is 0 Å². The SMILES string of the molecule is O=C(NCc1ccco1)Nc1ccc(S(=O)(=O)C2CCCC2)cc1. The van der Waals surface area contributed by atoms with Crippen LogP contribution in [0.4, 0.5) is 10.5 Å². The van der Waals surface area contributed by atoms with E-state index in [1.165, 1.54) is 0 Å². The second-order valence-corrected chi connectivity index (χ2v) is 8.09. The number of hydrogen-bond acceptors (Lipinski definition) is 4. The van der Waals surface area contributed by atoms with Crippen LogP contribution in [0.25, 0.3) is 0 Å². The van der Waals surface area contributed by atoms with Crippen LogP contribution in [0.15, 0.2) is 52.0 Å². The molecule has 1 aliphatic rings. The van der Waals surface area contributed by atoms with Crippen LogP contribution in [-0.2, 0) is 16.4 Å². The van der Waals surface area contributed by atoms with Crippen LogP contribution in [0.2, 0.25) is 0 Å². The van der Waals surface area contributed by atoms with Crippen molar-refractivity contribution in [2.45, 2.75) is 42.4 Å². The van der Waals surface area contributed by atoms with Gasteiger partial charge in [-0.3, -0.25) is 0 Å². The van der Waals surface area contributed by atoms with Gasteiger partial charge >= 0.3 is 6.03 Å². The first-order valence-electron chi connectivity index (χ1n) is 7.97. The summed E-state index contributed by atoms with van der Waals surface area (Å²) in [4.78, 5) is 12.1. The largest absolute Gasteiger partial charge is 0.467 e. The normalized spacial score (nSPS) is 15.3. The topological polar surface area (TPSA) is 88.4 Å². The van der Waals surface area contributed by atoms with Crippen LogP contribution in [0.5, 0.6) is 0 Å². The summed E-state index contributed by atoms with van der Waals surface area (Å²) in [6.07, 6.45) is 4.95. The van der Waals surface area contributed by atoms with E-state index in [-0.39, 0.29) is 17.8 Å². The molecule has 0 atom stereocenters. The Balaban J connectivity index is 1.59. The van der Waals surface area contributed by atoms with Gasteiger partial charge in [0.2, 0.25) is 0 Å². The molecule has 1 aromatic carbocycles. The van der Waals surface area contributed by atoms with Gasteiger partial charge in [-0.1, -0.05) is 12.8 Å². The molecular weight excluding hydrogens is 328 g/mol. The quantitative estimate of drug-likeness (QED) is 0.867. The number of benzene rings is 1. The van der Waals surface area contributed by atoms with Gasteiger partial charge in [0.1, 0.15) is 5.76 Å². The summed E-state index contributed by atoms with van der Waals surface area (Å²) in [6, 6.07) is 9.45.